The average Bonchev–Trinajstić information content (AvgIpc) is 2.32. The third kappa shape index (κ3) is 6.93. The number of rotatable bonds is 8. The monoisotopic (exact) mass is 312 g/mol. The van der Waals surface area contributed by atoms with Gasteiger partial charge in [-0.3, -0.25) is 0 Å². The maximum absolute atomic E-state index is 4.69. The van der Waals surface area contributed by atoms with E-state index in [2.05, 4.69) is 78.2 Å². The molecule has 0 aliphatic carbocycles. The second-order valence-electron chi connectivity index (χ2n) is 5.19. The topological polar surface area (TPSA) is 0 Å². The SMILES string of the molecule is CCC(C)C(S)CCC(S)C(S)C(C)C(C)S. The molecule has 0 aromatic carbocycles. The van der Waals surface area contributed by atoms with Gasteiger partial charge < -0.3 is 0 Å². The standard InChI is InChI=1S/C13H28S4/c1-5-8(2)11(15)6-7-12(16)13(17)9(3)10(4)14/h8-17H,5-7H2,1-4H3. The Balaban J connectivity index is 4.04. The van der Waals surface area contributed by atoms with Crippen LogP contribution in [-0.2, 0) is 0 Å². The summed E-state index contributed by atoms with van der Waals surface area (Å²) >= 11 is 18.5. The largest absolute Gasteiger partial charge is 0.176 e. The minimum Gasteiger partial charge on any atom is -0.176 e. The Morgan fingerprint density at radius 3 is 1.71 bits per heavy atom. The van der Waals surface area contributed by atoms with Crippen molar-refractivity contribution >= 4 is 50.5 Å². The van der Waals surface area contributed by atoms with Crippen LogP contribution in [0, 0.1) is 11.8 Å². The number of hydrogen-bond acceptors (Lipinski definition) is 4. The van der Waals surface area contributed by atoms with Gasteiger partial charge in [0.25, 0.3) is 0 Å². The van der Waals surface area contributed by atoms with Gasteiger partial charge in [0.15, 0.2) is 0 Å². The van der Waals surface area contributed by atoms with Crippen LogP contribution >= 0.6 is 50.5 Å². The van der Waals surface area contributed by atoms with Crippen LogP contribution in [0.4, 0.5) is 0 Å². The molecule has 0 N–H and O–H groups in total. The normalized spacial score (nSPS) is 22.6. The molecule has 104 valence electrons. The van der Waals surface area contributed by atoms with Crippen molar-refractivity contribution in [3.05, 3.63) is 0 Å². The van der Waals surface area contributed by atoms with Gasteiger partial charge in [-0.15, -0.1) is 0 Å². The second-order valence-corrected chi connectivity index (χ2v) is 7.93. The first kappa shape index (κ1) is 18.4. The lowest BCUT2D eigenvalue weighted by Crippen LogP contribution is -2.29. The fourth-order valence-electron chi connectivity index (χ4n) is 1.70. The lowest BCUT2D eigenvalue weighted by Gasteiger charge is -2.28. The van der Waals surface area contributed by atoms with Crippen LogP contribution in [0.1, 0.15) is 47.0 Å². The summed E-state index contributed by atoms with van der Waals surface area (Å²) in [5.74, 6) is 1.16. The summed E-state index contributed by atoms with van der Waals surface area (Å²) in [7, 11) is 0. The first-order valence-electron chi connectivity index (χ1n) is 6.53. The molecule has 6 atom stereocenters. The Hall–Kier alpha value is 1.40. The molecule has 0 rings (SSSR count). The van der Waals surface area contributed by atoms with Crippen LogP contribution < -0.4 is 0 Å². The molecule has 0 spiro atoms. The third-order valence-corrected chi connectivity index (χ3v) is 6.64. The summed E-state index contributed by atoms with van der Waals surface area (Å²) in [5, 5.41) is 1.50. The van der Waals surface area contributed by atoms with E-state index in [1.807, 2.05) is 0 Å². The predicted octanol–water partition coefficient (Wildman–Crippen LogP) is 4.66. The van der Waals surface area contributed by atoms with E-state index in [1.165, 1.54) is 6.42 Å². The van der Waals surface area contributed by atoms with Crippen LogP contribution in [0.25, 0.3) is 0 Å². The van der Waals surface area contributed by atoms with Gasteiger partial charge in [0, 0.05) is 21.0 Å². The van der Waals surface area contributed by atoms with E-state index in [0.717, 1.165) is 12.8 Å². The summed E-state index contributed by atoms with van der Waals surface area (Å²) in [4.78, 5) is 0. The molecule has 0 amide bonds. The number of thiol groups is 4. The summed E-state index contributed by atoms with van der Waals surface area (Å²) in [6, 6.07) is 0. The molecule has 4 heteroatoms. The van der Waals surface area contributed by atoms with Gasteiger partial charge in [-0.2, -0.15) is 50.5 Å². The molecule has 6 unspecified atom stereocenters. The minimum absolute atomic E-state index is 0.309. The molecule has 0 nitrogen and oxygen atoms in total. The van der Waals surface area contributed by atoms with Crippen molar-refractivity contribution in [1.82, 2.24) is 0 Å². The zero-order chi connectivity index (χ0) is 13.6. The Morgan fingerprint density at radius 1 is 0.824 bits per heavy atom. The maximum Gasteiger partial charge on any atom is 0.0169 e. The molecule has 0 radical (unpaired) electrons. The second kappa shape index (κ2) is 9.33. The third-order valence-electron chi connectivity index (χ3n) is 3.75. The van der Waals surface area contributed by atoms with E-state index in [-0.39, 0.29) is 0 Å². The first-order valence-corrected chi connectivity index (χ1v) is 8.60. The van der Waals surface area contributed by atoms with E-state index < -0.39 is 0 Å². The predicted molar refractivity (Wildman–Crippen MR) is 94.6 cm³/mol. The molecule has 0 heterocycles. The summed E-state index contributed by atoms with van der Waals surface area (Å²) in [5.41, 5.74) is 0. The van der Waals surface area contributed by atoms with Gasteiger partial charge >= 0.3 is 0 Å². The smallest absolute Gasteiger partial charge is 0.0169 e. The van der Waals surface area contributed by atoms with Crippen molar-refractivity contribution in [1.29, 1.82) is 0 Å². The average molecular weight is 313 g/mol. The van der Waals surface area contributed by atoms with Crippen LogP contribution in [0.15, 0.2) is 0 Å². The Labute approximate surface area is 130 Å². The van der Waals surface area contributed by atoms with E-state index in [4.69, 9.17) is 0 Å². The molecule has 0 aliphatic rings. The molecule has 0 bridgehead atoms. The highest BCUT2D eigenvalue weighted by molar-refractivity contribution is 7.85. The molecule has 0 saturated carbocycles. The van der Waals surface area contributed by atoms with Crippen molar-refractivity contribution < 1.29 is 0 Å². The molecule has 0 aromatic rings. The zero-order valence-electron chi connectivity index (χ0n) is 11.4. The molecule has 17 heavy (non-hydrogen) atoms. The fraction of sp³-hybridized carbons (Fsp3) is 1.00. The van der Waals surface area contributed by atoms with E-state index >= 15 is 0 Å². The fourth-order valence-corrected chi connectivity index (χ4v) is 3.21. The molecule has 0 fully saturated rings. The van der Waals surface area contributed by atoms with E-state index in [9.17, 15) is 0 Å². The van der Waals surface area contributed by atoms with Gasteiger partial charge in [0.2, 0.25) is 0 Å². The van der Waals surface area contributed by atoms with Crippen LogP contribution in [0.3, 0.4) is 0 Å². The lowest BCUT2D eigenvalue weighted by molar-refractivity contribution is 0.473. The van der Waals surface area contributed by atoms with Crippen molar-refractivity contribution in [2.24, 2.45) is 11.8 Å². The molecular weight excluding hydrogens is 284 g/mol. The minimum atomic E-state index is 0.309. The van der Waals surface area contributed by atoms with Gasteiger partial charge in [-0.25, -0.2) is 0 Å². The number of hydrogen-bond donors (Lipinski definition) is 4. The van der Waals surface area contributed by atoms with Crippen LogP contribution in [-0.4, -0.2) is 21.0 Å². The van der Waals surface area contributed by atoms with Crippen molar-refractivity contribution in [2.45, 2.75) is 68.0 Å². The van der Waals surface area contributed by atoms with E-state index in [1.54, 1.807) is 0 Å². The molecule has 0 aliphatic heterocycles. The highest BCUT2D eigenvalue weighted by atomic mass is 32.1. The maximum atomic E-state index is 4.69. The van der Waals surface area contributed by atoms with Gasteiger partial charge in [0.05, 0.1) is 0 Å². The van der Waals surface area contributed by atoms with Crippen molar-refractivity contribution in [2.75, 3.05) is 0 Å². The first-order chi connectivity index (χ1) is 7.81. The Bertz CT molecular complexity index is 196. The summed E-state index contributed by atoms with van der Waals surface area (Å²) in [6.07, 6.45) is 3.40. The quantitative estimate of drug-likeness (QED) is 0.460. The lowest BCUT2D eigenvalue weighted by atomic mass is 9.95. The van der Waals surface area contributed by atoms with E-state index in [0.29, 0.717) is 32.8 Å². The van der Waals surface area contributed by atoms with Gasteiger partial charge in [-0.05, 0) is 24.7 Å². The van der Waals surface area contributed by atoms with Gasteiger partial charge in [0.1, 0.15) is 0 Å². The molecule has 0 saturated heterocycles. The summed E-state index contributed by atoms with van der Waals surface area (Å²) in [6.45, 7) is 8.81. The Morgan fingerprint density at radius 2 is 1.29 bits per heavy atom. The highest BCUT2D eigenvalue weighted by Crippen LogP contribution is 2.28. The Kier molecular flexibility index (Phi) is 10.1. The van der Waals surface area contributed by atoms with Crippen LogP contribution in [0.2, 0.25) is 0 Å². The molecular formula is C13H28S4. The van der Waals surface area contributed by atoms with Crippen molar-refractivity contribution in [3.63, 3.8) is 0 Å². The van der Waals surface area contributed by atoms with Gasteiger partial charge in [-0.1, -0.05) is 34.1 Å². The van der Waals surface area contributed by atoms with Crippen molar-refractivity contribution in [3.8, 4) is 0 Å². The van der Waals surface area contributed by atoms with Crippen LogP contribution in [0.5, 0.6) is 0 Å². The highest BCUT2D eigenvalue weighted by Gasteiger charge is 2.24. The zero-order valence-corrected chi connectivity index (χ0v) is 15.0. The summed E-state index contributed by atoms with van der Waals surface area (Å²) < 4.78 is 0. The molecule has 0 aromatic heterocycles.